The van der Waals surface area contributed by atoms with Gasteiger partial charge >= 0.3 is 0 Å². The number of hydrogen-bond donors (Lipinski definition) is 1. The predicted octanol–water partition coefficient (Wildman–Crippen LogP) is 3.60. The Morgan fingerprint density at radius 3 is 2.75 bits per heavy atom. The Labute approximate surface area is 130 Å². The van der Waals surface area contributed by atoms with Gasteiger partial charge in [0.1, 0.15) is 11.9 Å². The molecule has 0 spiro atoms. The van der Waals surface area contributed by atoms with Gasteiger partial charge in [0, 0.05) is 23.4 Å². The van der Waals surface area contributed by atoms with Crippen molar-refractivity contribution in [2.75, 3.05) is 13.2 Å². The molecule has 1 fully saturated rings. The first-order valence-electron chi connectivity index (χ1n) is 7.39. The smallest absolute Gasteiger partial charge is 0.125 e. The van der Waals surface area contributed by atoms with Crippen molar-refractivity contribution in [1.29, 1.82) is 0 Å². The van der Waals surface area contributed by atoms with Gasteiger partial charge in [-0.05, 0) is 43.0 Å². The van der Waals surface area contributed by atoms with Crippen molar-refractivity contribution in [3.05, 3.63) is 27.7 Å². The lowest BCUT2D eigenvalue weighted by molar-refractivity contribution is 0.0248. The topological polar surface area (TPSA) is 44.5 Å². The molecule has 0 saturated carbocycles. The average Bonchev–Trinajstić information content (AvgIpc) is 2.43. The van der Waals surface area contributed by atoms with Crippen molar-refractivity contribution in [3.63, 3.8) is 0 Å². The molecule has 4 heteroatoms. The van der Waals surface area contributed by atoms with Crippen LogP contribution in [0.4, 0.5) is 0 Å². The van der Waals surface area contributed by atoms with E-state index in [-0.39, 0.29) is 12.1 Å². The van der Waals surface area contributed by atoms with Crippen LogP contribution in [0, 0.1) is 6.92 Å². The molecular weight excluding hydrogens is 318 g/mol. The molecule has 20 heavy (non-hydrogen) atoms. The lowest BCUT2D eigenvalue weighted by atomic mass is 10.0. The van der Waals surface area contributed by atoms with Gasteiger partial charge in [0.05, 0.1) is 13.2 Å². The van der Waals surface area contributed by atoms with E-state index < -0.39 is 0 Å². The molecule has 112 valence electrons. The van der Waals surface area contributed by atoms with Gasteiger partial charge in [0.2, 0.25) is 0 Å². The highest BCUT2D eigenvalue weighted by molar-refractivity contribution is 9.10. The summed E-state index contributed by atoms with van der Waals surface area (Å²) in [6, 6.07) is 4.42. The van der Waals surface area contributed by atoms with E-state index in [1.165, 1.54) is 11.1 Å². The second-order valence-corrected chi connectivity index (χ2v) is 6.43. The lowest BCUT2D eigenvalue weighted by Gasteiger charge is -2.26. The first-order chi connectivity index (χ1) is 9.60. The fourth-order valence-electron chi connectivity index (χ4n) is 2.51. The zero-order chi connectivity index (χ0) is 14.5. The van der Waals surface area contributed by atoms with Crippen LogP contribution in [0.25, 0.3) is 0 Å². The zero-order valence-electron chi connectivity index (χ0n) is 12.3. The van der Waals surface area contributed by atoms with Crippen molar-refractivity contribution in [2.45, 2.75) is 51.7 Å². The summed E-state index contributed by atoms with van der Waals surface area (Å²) in [4.78, 5) is 0. The van der Waals surface area contributed by atoms with Crippen molar-refractivity contribution < 1.29 is 9.47 Å². The van der Waals surface area contributed by atoms with Gasteiger partial charge in [-0.1, -0.05) is 22.9 Å². The van der Waals surface area contributed by atoms with Gasteiger partial charge in [-0.15, -0.1) is 0 Å². The van der Waals surface area contributed by atoms with Crippen molar-refractivity contribution >= 4 is 15.9 Å². The van der Waals surface area contributed by atoms with E-state index in [9.17, 15) is 0 Å². The first-order valence-corrected chi connectivity index (χ1v) is 8.18. The van der Waals surface area contributed by atoms with E-state index in [4.69, 9.17) is 15.2 Å². The quantitative estimate of drug-likeness (QED) is 0.889. The number of halogens is 1. The summed E-state index contributed by atoms with van der Waals surface area (Å²) in [6.07, 6.45) is 4.03. The molecule has 2 N–H and O–H groups in total. The minimum Gasteiger partial charge on any atom is -0.490 e. The zero-order valence-corrected chi connectivity index (χ0v) is 13.9. The molecular formula is C16H24BrNO2. The molecule has 1 aromatic rings. The fourth-order valence-corrected chi connectivity index (χ4v) is 3.13. The Bertz CT molecular complexity index is 444. The van der Waals surface area contributed by atoms with Crippen LogP contribution in [-0.4, -0.2) is 25.4 Å². The van der Waals surface area contributed by atoms with Crippen LogP contribution in [-0.2, 0) is 11.2 Å². The number of ether oxygens (including phenoxy) is 2. The van der Waals surface area contributed by atoms with Crippen LogP contribution in [0.1, 0.15) is 37.3 Å². The van der Waals surface area contributed by atoms with Crippen LogP contribution >= 0.6 is 15.9 Å². The standard InChI is InChI=1S/C16H24BrNO2/c1-3-14(18)10-12-9-13(17)8-11(2)16(12)20-15-4-6-19-7-5-15/h8-9,14-15H,3-7,10,18H2,1-2H3. The summed E-state index contributed by atoms with van der Waals surface area (Å²) in [5.41, 5.74) is 8.49. The van der Waals surface area contributed by atoms with Crippen LogP contribution in [0.3, 0.4) is 0 Å². The van der Waals surface area contributed by atoms with Crippen LogP contribution in [0.2, 0.25) is 0 Å². The summed E-state index contributed by atoms with van der Waals surface area (Å²) in [6.45, 7) is 5.81. The second-order valence-electron chi connectivity index (χ2n) is 5.51. The third-order valence-electron chi connectivity index (χ3n) is 3.78. The number of hydrogen-bond acceptors (Lipinski definition) is 3. The highest BCUT2D eigenvalue weighted by Crippen LogP contribution is 2.31. The molecule has 1 atom stereocenters. The minimum atomic E-state index is 0.181. The molecule has 0 aliphatic carbocycles. The monoisotopic (exact) mass is 341 g/mol. The van der Waals surface area contributed by atoms with E-state index in [0.29, 0.717) is 0 Å². The molecule has 1 saturated heterocycles. The van der Waals surface area contributed by atoms with Gasteiger partial charge < -0.3 is 15.2 Å². The molecule has 1 aliphatic rings. The summed E-state index contributed by atoms with van der Waals surface area (Å²) in [7, 11) is 0. The van der Waals surface area contributed by atoms with E-state index in [2.05, 4.69) is 41.9 Å². The fraction of sp³-hybridized carbons (Fsp3) is 0.625. The number of aryl methyl sites for hydroxylation is 1. The normalized spacial score (nSPS) is 18.0. The van der Waals surface area contributed by atoms with E-state index in [1.807, 2.05) is 0 Å². The van der Waals surface area contributed by atoms with Crippen LogP contribution in [0.5, 0.6) is 5.75 Å². The summed E-state index contributed by atoms with van der Waals surface area (Å²) in [5, 5.41) is 0. The highest BCUT2D eigenvalue weighted by atomic mass is 79.9. The van der Waals surface area contributed by atoms with Crippen LogP contribution < -0.4 is 10.5 Å². The van der Waals surface area contributed by atoms with Gasteiger partial charge in [0.15, 0.2) is 0 Å². The van der Waals surface area contributed by atoms with Crippen molar-refractivity contribution in [1.82, 2.24) is 0 Å². The predicted molar refractivity (Wildman–Crippen MR) is 85.3 cm³/mol. The van der Waals surface area contributed by atoms with E-state index in [0.717, 1.165) is 49.1 Å². The lowest BCUT2D eigenvalue weighted by Crippen LogP contribution is -2.27. The number of nitrogens with two attached hydrogens (primary N) is 1. The van der Waals surface area contributed by atoms with Crippen molar-refractivity contribution in [2.24, 2.45) is 5.73 Å². The Balaban J connectivity index is 2.19. The summed E-state index contributed by atoms with van der Waals surface area (Å²) >= 11 is 3.57. The maximum atomic E-state index is 6.26. The van der Waals surface area contributed by atoms with E-state index in [1.54, 1.807) is 0 Å². The second kappa shape index (κ2) is 7.43. The van der Waals surface area contributed by atoms with Crippen LogP contribution in [0.15, 0.2) is 16.6 Å². The minimum absolute atomic E-state index is 0.181. The van der Waals surface area contributed by atoms with E-state index >= 15 is 0 Å². The maximum absolute atomic E-state index is 6.26. The number of rotatable bonds is 5. The average molecular weight is 342 g/mol. The summed E-state index contributed by atoms with van der Waals surface area (Å²) in [5.74, 6) is 1.02. The molecule has 1 aromatic carbocycles. The molecule has 1 heterocycles. The van der Waals surface area contributed by atoms with Gasteiger partial charge in [-0.25, -0.2) is 0 Å². The number of benzene rings is 1. The molecule has 0 bridgehead atoms. The largest absolute Gasteiger partial charge is 0.490 e. The molecule has 3 nitrogen and oxygen atoms in total. The Kier molecular flexibility index (Phi) is 5.87. The van der Waals surface area contributed by atoms with Crippen molar-refractivity contribution in [3.8, 4) is 5.75 Å². The Morgan fingerprint density at radius 2 is 2.10 bits per heavy atom. The summed E-state index contributed by atoms with van der Waals surface area (Å²) < 4.78 is 12.7. The molecule has 0 radical (unpaired) electrons. The van der Waals surface area contributed by atoms with Gasteiger partial charge in [0.25, 0.3) is 0 Å². The molecule has 1 unspecified atom stereocenters. The third-order valence-corrected chi connectivity index (χ3v) is 4.23. The van der Waals surface area contributed by atoms with Gasteiger partial charge in [-0.2, -0.15) is 0 Å². The SMILES string of the molecule is CCC(N)Cc1cc(Br)cc(C)c1OC1CCOCC1. The Morgan fingerprint density at radius 1 is 1.40 bits per heavy atom. The van der Waals surface area contributed by atoms with Gasteiger partial charge in [-0.3, -0.25) is 0 Å². The maximum Gasteiger partial charge on any atom is 0.125 e. The molecule has 2 rings (SSSR count). The Hall–Kier alpha value is -0.580. The molecule has 1 aliphatic heterocycles. The third kappa shape index (κ3) is 4.21. The first kappa shape index (κ1) is 15.8. The molecule has 0 amide bonds. The molecule has 0 aromatic heterocycles. The highest BCUT2D eigenvalue weighted by Gasteiger charge is 2.19.